The van der Waals surface area contributed by atoms with Crippen LogP contribution in [0.25, 0.3) is 211 Å². The van der Waals surface area contributed by atoms with E-state index in [1.54, 1.807) is 0 Å². The van der Waals surface area contributed by atoms with Gasteiger partial charge in [-0.15, -0.1) is 0 Å². The number of hydrogen-bond acceptors (Lipinski definition) is 12. The molecule has 8 heterocycles. The summed E-state index contributed by atoms with van der Waals surface area (Å²) in [6.45, 7) is 0.789. The highest BCUT2D eigenvalue weighted by Gasteiger charge is 2.24. The minimum absolute atomic E-state index is 0.394. The van der Waals surface area contributed by atoms with Crippen molar-refractivity contribution in [2.75, 3.05) is 13.3 Å². The minimum atomic E-state index is 0.394. The summed E-state index contributed by atoms with van der Waals surface area (Å²) in [6, 6.07) is 130. The van der Waals surface area contributed by atoms with Crippen LogP contribution in [0.4, 0.5) is 0 Å². The van der Waals surface area contributed by atoms with Gasteiger partial charge in [0.15, 0.2) is 34.9 Å². The Bertz CT molecular complexity index is 8080. The van der Waals surface area contributed by atoms with Gasteiger partial charge in [0.2, 0.25) is 0 Å². The molecule has 0 spiro atoms. The Kier molecular flexibility index (Phi) is 16.7. The summed E-state index contributed by atoms with van der Waals surface area (Å²) >= 11 is 0. The van der Waals surface area contributed by atoms with Crippen molar-refractivity contribution in [2.45, 2.75) is 0 Å². The zero-order valence-corrected chi connectivity index (χ0v) is 64.5. The fraction of sp³-hybridized carbons (Fsp3) is 0.0189. The summed E-state index contributed by atoms with van der Waals surface area (Å²) in [7, 11) is 0. The second kappa shape index (κ2) is 28.9. The van der Waals surface area contributed by atoms with Crippen LogP contribution >= 0.6 is 0 Å². The molecular weight excluding hydrogens is 1470 g/mol. The number of rotatable bonds is 12. The van der Waals surface area contributed by atoms with Crippen molar-refractivity contribution in [2.24, 2.45) is 20.0 Å². The van der Waals surface area contributed by atoms with Crippen molar-refractivity contribution in [3.05, 3.63) is 398 Å². The third-order valence-electron chi connectivity index (χ3n) is 23.0. The first-order valence-corrected chi connectivity index (χ1v) is 40.1. The molecule has 14 heteroatoms. The van der Waals surface area contributed by atoms with Crippen molar-refractivity contribution in [1.82, 2.24) is 49.0 Å². The molecule has 2 aliphatic rings. The van der Waals surface area contributed by atoms with Crippen LogP contribution in [0.5, 0.6) is 0 Å². The van der Waals surface area contributed by atoms with Crippen LogP contribution in [-0.4, -0.2) is 62.3 Å². The molecule has 22 aromatic rings. The van der Waals surface area contributed by atoms with E-state index in [2.05, 4.69) is 300 Å². The predicted molar refractivity (Wildman–Crippen MR) is 483 cm³/mol. The van der Waals surface area contributed by atoms with Crippen LogP contribution in [0.15, 0.2) is 396 Å². The Balaban J connectivity index is 0.000000140. The standard InChI is InChI=1S/2C53H33N7/c1-3-14-34(15-4-1)48-43-31-42(49-50(55-32-54-49)47(43)41-22-7-10-23-44(41)56-48)33-26-28-36(29-27-33)52-57-51(35-16-5-2-6-17-35)58-53(59-52)37-18-13-19-38(30-37)60-45-24-11-8-20-39(45)40-21-9-12-25-46(40)60;1-3-13-34(14-4-1)48-43-31-42(49-50(55-32-54-49)47(43)41-19-7-10-20-44(41)56-48)33-23-25-36(26-24-33)52-57-51(35-15-5-2-6-16-35)58-53(59-52)37-27-29-38(30-28-37)60-45-21-11-8-17-39(45)40-18-9-12-22-46(40)60/h2*1-31H,32H2. The monoisotopic (exact) mass is 1530 g/mol. The van der Waals surface area contributed by atoms with Gasteiger partial charge in [0.25, 0.3) is 0 Å². The maximum atomic E-state index is 5.20. The molecule has 0 radical (unpaired) electrons. The number of benzene rings is 16. The Morgan fingerprint density at radius 3 is 0.850 bits per heavy atom. The lowest BCUT2D eigenvalue weighted by molar-refractivity contribution is 1.06. The number of fused-ring (bicyclic) bond motifs is 16. The van der Waals surface area contributed by atoms with Gasteiger partial charge >= 0.3 is 0 Å². The minimum Gasteiger partial charge on any atom is -0.309 e. The normalized spacial score (nSPS) is 12.2. The molecule has 0 fully saturated rings. The summed E-state index contributed by atoms with van der Waals surface area (Å²) in [5.74, 6) is 3.64. The predicted octanol–water partition coefficient (Wildman–Crippen LogP) is 22.4. The first-order chi connectivity index (χ1) is 59.5. The topological polar surface area (TPSA) is 162 Å². The van der Waals surface area contributed by atoms with Crippen molar-refractivity contribution < 1.29 is 0 Å². The van der Waals surface area contributed by atoms with Gasteiger partial charge in [-0.05, 0) is 96.1 Å². The smallest absolute Gasteiger partial charge is 0.164 e. The summed E-state index contributed by atoms with van der Waals surface area (Å²) in [4.78, 5) is 60.7. The Hall–Kier alpha value is -16.3. The van der Waals surface area contributed by atoms with Crippen LogP contribution in [0.3, 0.4) is 0 Å². The average molecular weight is 1540 g/mol. The first-order valence-electron chi connectivity index (χ1n) is 40.1. The quantitative estimate of drug-likeness (QED) is 0.109. The molecule has 560 valence electrons. The van der Waals surface area contributed by atoms with Gasteiger partial charge in [-0.25, -0.2) is 39.9 Å². The summed E-state index contributed by atoms with van der Waals surface area (Å²) < 4.78 is 4.63. The fourth-order valence-corrected chi connectivity index (χ4v) is 17.5. The second-order valence-corrected chi connectivity index (χ2v) is 30.0. The van der Waals surface area contributed by atoms with Crippen LogP contribution < -0.4 is 21.4 Å². The summed E-state index contributed by atoms with van der Waals surface area (Å²) in [6.07, 6.45) is 0. The molecule has 24 rings (SSSR count). The second-order valence-electron chi connectivity index (χ2n) is 30.0. The van der Waals surface area contributed by atoms with Gasteiger partial charge in [-0.3, -0.25) is 20.0 Å². The molecule has 0 bridgehead atoms. The van der Waals surface area contributed by atoms with Gasteiger partial charge in [-0.2, -0.15) is 0 Å². The van der Waals surface area contributed by atoms with Gasteiger partial charge < -0.3 is 9.13 Å². The lowest BCUT2D eigenvalue weighted by Crippen LogP contribution is -2.25. The molecule has 14 nitrogen and oxygen atoms in total. The number of aromatic nitrogens is 10. The number of nitrogens with zero attached hydrogens (tertiary/aromatic N) is 14. The van der Waals surface area contributed by atoms with E-state index in [4.69, 9.17) is 59.8 Å². The molecule has 0 saturated heterocycles. The van der Waals surface area contributed by atoms with Gasteiger partial charge in [-0.1, -0.05) is 291 Å². The van der Waals surface area contributed by atoms with E-state index in [-0.39, 0.29) is 0 Å². The first kappa shape index (κ1) is 69.2. The van der Waals surface area contributed by atoms with E-state index < -0.39 is 0 Å². The molecular formula is C106H66N14. The van der Waals surface area contributed by atoms with Crippen molar-refractivity contribution >= 4 is 87.0 Å². The van der Waals surface area contributed by atoms with E-state index in [0.717, 1.165) is 165 Å². The highest BCUT2D eigenvalue weighted by atomic mass is 15.1. The summed E-state index contributed by atoms with van der Waals surface area (Å²) in [5.41, 5.74) is 22.1. The SMILES string of the molecule is c1ccc(-c2nc(-c3ccc(-c4cc5c(-c6ccccc6)nc6ccccc6c5c5c4=NCN=5)cc3)nc(-c3ccc(-n4c5ccccc5c5ccccc54)cc3)n2)cc1.c1ccc(-c2nc(-c3ccc(-c4cc5c(-c6ccccc6)nc6ccccc6c5c5c4=NCN=5)cc3)nc(-c3cccc(-n4c5ccccc5c5ccccc54)c3)n2)cc1. The van der Waals surface area contributed by atoms with Crippen molar-refractivity contribution in [3.8, 4) is 124 Å². The van der Waals surface area contributed by atoms with Crippen LogP contribution in [0.2, 0.25) is 0 Å². The van der Waals surface area contributed by atoms with Gasteiger partial charge in [0.1, 0.15) is 13.3 Å². The average Bonchev–Trinajstić information content (AvgIpc) is 1.25. The molecule has 6 aromatic heterocycles. The third kappa shape index (κ3) is 12.0. The van der Waals surface area contributed by atoms with Crippen LogP contribution in [0.1, 0.15) is 0 Å². The van der Waals surface area contributed by atoms with Crippen LogP contribution in [-0.2, 0) is 0 Å². The molecule has 0 atom stereocenters. The van der Waals surface area contributed by atoms with Crippen molar-refractivity contribution in [3.63, 3.8) is 0 Å². The zero-order chi connectivity index (χ0) is 79.1. The lowest BCUT2D eigenvalue weighted by Gasteiger charge is -2.13. The molecule has 120 heavy (non-hydrogen) atoms. The summed E-state index contributed by atoms with van der Waals surface area (Å²) in [5, 5.41) is 15.0. The van der Waals surface area contributed by atoms with Gasteiger partial charge in [0, 0.05) is 121 Å². The van der Waals surface area contributed by atoms with E-state index in [1.165, 1.54) is 32.6 Å². The number of hydrogen-bond donors (Lipinski definition) is 0. The Labute approximate surface area is 687 Å². The van der Waals surface area contributed by atoms with Crippen LogP contribution in [0, 0.1) is 0 Å². The molecule has 0 aliphatic carbocycles. The third-order valence-corrected chi connectivity index (χ3v) is 23.0. The molecule has 2 aliphatic heterocycles. The lowest BCUT2D eigenvalue weighted by atomic mass is 9.94. The van der Waals surface area contributed by atoms with E-state index in [9.17, 15) is 0 Å². The van der Waals surface area contributed by atoms with E-state index in [1.807, 2.05) is 84.9 Å². The fourth-order valence-electron chi connectivity index (χ4n) is 17.5. The zero-order valence-electron chi connectivity index (χ0n) is 64.5. The molecule has 0 amide bonds. The molecule has 0 unspecified atom stereocenters. The van der Waals surface area contributed by atoms with Gasteiger partial charge in [0.05, 0.1) is 65.9 Å². The molecule has 0 saturated carbocycles. The number of pyridine rings is 2. The highest BCUT2D eigenvalue weighted by Crippen LogP contribution is 2.40. The molecule has 0 N–H and O–H groups in total. The Morgan fingerprint density at radius 1 is 0.183 bits per heavy atom. The molecule has 16 aromatic carbocycles. The van der Waals surface area contributed by atoms with E-state index >= 15 is 0 Å². The highest BCUT2D eigenvalue weighted by molar-refractivity contribution is 6.14. The Morgan fingerprint density at radius 2 is 0.467 bits per heavy atom. The maximum absolute atomic E-state index is 5.20. The largest absolute Gasteiger partial charge is 0.309 e. The maximum Gasteiger partial charge on any atom is 0.164 e. The number of para-hydroxylation sites is 6. The van der Waals surface area contributed by atoms with Crippen molar-refractivity contribution in [1.29, 1.82) is 0 Å². The van der Waals surface area contributed by atoms with E-state index in [0.29, 0.717) is 48.3 Å².